The molecular weight excluding hydrogens is 501 g/mol. The Labute approximate surface area is 218 Å². The maximum Gasteiger partial charge on any atom is 0.249 e. The number of aromatic nitrogens is 1. The summed E-state index contributed by atoms with van der Waals surface area (Å²) in [6.07, 6.45) is 0.997. The maximum atomic E-state index is 14.8. The number of aliphatic hydroxyl groups is 1. The van der Waals surface area contributed by atoms with Gasteiger partial charge in [-0.05, 0) is 69.1 Å². The van der Waals surface area contributed by atoms with Crippen LogP contribution >= 0.6 is 0 Å². The fourth-order valence-electron chi connectivity index (χ4n) is 5.12. The minimum atomic E-state index is -1.20. The predicted molar refractivity (Wildman–Crippen MR) is 135 cm³/mol. The van der Waals surface area contributed by atoms with Crippen molar-refractivity contribution >= 4 is 22.5 Å². The Hall–Kier alpha value is -3.41. The van der Waals surface area contributed by atoms with E-state index in [-0.39, 0.29) is 18.4 Å². The van der Waals surface area contributed by atoms with Gasteiger partial charge in [-0.1, -0.05) is 0 Å². The van der Waals surface area contributed by atoms with Crippen molar-refractivity contribution in [2.75, 3.05) is 38.6 Å². The van der Waals surface area contributed by atoms with Crippen LogP contribution in [0.4, 0.5) is 18.9 Å². The number of fused-ring (bicyclic) bond motifs is 1. The van der Waals surface area contributed by atoms with Crippen LogP contribution in [0.5, 0.6) is 5.75 Å². The number of benzene rings is 2. The van der Waals surface area contributed by atoms with Gasteiger partial charge in [0.05, 0.1) is 30.3 Å². The smallest absolute Gasteiger partial charge is 0.249 e. The molecule has 4 N–H and O–H groups in total. The monoisotopic (exact) mass is 532 g/mol. The molecule has 1 aliphatic rings. The average Bonchev–Trinajstić information content (AvgIpc) is 2.91. The number of carbonyl (C=O) groups excluding carboxylic acids is 1. The summed E-state index contributed by atoms with van der Waals surface area (Å²) in [5.41, 5.74) is 1.76. The Morgan fingerprint density at radius 3 is 2.53 bits per heavy atom. The number of likely N-dealkylation sites (tertiary alicyclic amines) is 1. The zero-order chi connectivity index (χ0) is 27.3. The largest absolute Gasteiger partial charge is 0.497 e. The van der Waals surface area contributed by atoms with Crippen LogP contribution in [0.3, 0.4) is 0 Å². The van der Waals surface area contributed by atoms with E-state index in [1.165, 1.54) is 19.2 Å². The molecule has 11 heteroatoms. The lowest BCUT2D eigenvalue weighted by Crippen LogP contribution is -2.49. The van der Waals surface area contributed by atoms with E-state index in [1.807, 2.05) is 0 Å². The molecule has 1 aliphatic heterocycles. The number of amides is 1. The van der Waals surface area contributed by atoms with Gasteiger partial charge in [0.1, 0.15) is 23.2 Å². The Kier molecular flexibility index (Phi) is 8.70. The van der Waals surface area contributed by atoms with Crippen molar-refractivity contribution < 1.29 is 33.0 Å². The van der Waals surface area contributed by atoms with Crippen LogP contribution in [0.15, 0.2) is 42.6 Å². The third-order valence-electron chi connectivity index (χ3n) is 7.31. The SMILES string of the molecule is COc1ccc2ncc(F)c([C@H](O)CCC3(C(=O)NO)CCN(CCNc4cc(F)cc(F)c4)CC3)c2c1. The number of piperidine rings is 1. The van der Waals surface area contributed by atoms with Crippen LogP contribution in [-0.2, 0) is 4.79 Å². The van der Waals surface area contributed by atoms with E-state index in [2.05, 4.69) is 15.2 Å². The van der Waals surface area contributed by atoms with Crippen LogP contribution in [0.1, 0.15) is 37.4 Å². The minimum absolute atomic E-state index is 0.0887. The number of ether oxygens (including phenoxy) is 1. The third-order valence-corrected chi connectivity index (χ3v) is 7.31. The molecule has 1 fully saturated rings. The molecule has 4 rings (SSSR count). The number of halogens is 3. The lowest BCUT2D eigenvalue weighted by Gasteiger charge is -2.40. The van der Waals surface area contributed by atoms with Crippen molar-refractivity contribution in [1.29, 1.82) is 0 Å². The fraction of sp³-hybridized carbons (Fsp3) is 0.407. The quantitative estimate of drug-likeness (QED) is 0.229. The van der Waals surface area contributed by atoms with Gasteiger partial charge in [0.2, 0.25) is 5.91 Å². The van der Waals surface area contributed by atoms with E-state index in [4.69, 9.17) is 4.74 Å². The first-order valence-electron chi connectivity index (χ1n) is 12.4. The Bertz CT molecular complexity index is 1260. The summed E-state index contributed by atoms with van der Waals surface area (Å²) in [5, 5.41) is 23.8. The third kappa shape index (κ3) is 6.17. The number of anilines is 1. The van der Waals surface area contributed by atoms with Crippen molar-refractivity contribution in [3.8, 4) is 5.75 Å². The summed E-state index contributed by atoms with van der Waals surface area (Å²) < 4.78 is 46.8. The minimum Gasteiger partial charge on any atom is -0.497 e. The molecule has 0 spiro atoms. The molecule has 0 saturated carbocycles. The highest BCUT2D eigenvalue weighted by atomic mass is 19.1. The Morgan fingerprint density at radius 2 is 1.87 bits per heavy atom. The molecule has 0 bridgehead atoms. The number of nitrogens with zero attached hydrogens (tertiary/aromatic N) is 2. The Balaban J connectivity index is 1.39. The van der Waals surface area contributed by atoms with E-state index >= 15 is 0 Å². The second-order valence-electron chi connectivity index (χ2n) is 9.61. The summed E-state index contributed by atoms with van der Waals surface area (Å²) in [6.45, 7) is 2.09. The highest BCUT2D eigenvalue weighted by Crippen LogP contribution is 2.40. The lowest BCUT2D eigenvalue weighted by atomic mass is 9.73. The van der Waals surface area contributed by atoms with Crippen LogP contribution in [-0.4, -0.2) is 59.4 Å². The number of nitrogens with one attached hydrogen (secondary N) is 2. The number of rotatable bonds is 10. The van der Waals surface area contributed by atoms with E-state index in [1.54, 1.807) is 23.7 Å². The summed E-state index contributed by atoms with van der Waals surface area (Å²) in [7, 11) is 1.49. The van der Waals surface area contributed by atoms with Crippen molar-refractivity contribution in [3.05, 3.63) is 65.6 Å². The van der Waals surface area contributed by atoms with Gasteiger partial charge in [-0.15, -0.1) is 0 Å². The van der Waals surface area contributed by atoms with Gasteiger partial charge in [-0.25, -0.2) is 18.7 Å². The van der Waals surface area contributed by atoms with Crippen LogP contribution in [0.25, 0.3) is 10.9 Å². The standard InChI is InChI=1S/C27H31F3N4O4/c1-38-20-2-3-23-21(15-20)25(22(30)16-32-23)24(35)4-5-27(26(36)33-37)6-9-34(10-7-27)11-8-31-19-13-17(28)12-18(29)14-19/h2-3,12-16,24,31,35,37H,4-11H2,1H3,(H,33,36)/t24-/m1/s1. The fourth-order valence-corrected chi connectivity index (χ4v) is 5.12. The zero-order valence-corrected chi connectivity index (χ0v) is 21.0. The first kappa shape index (κ1) is 27.6. The highest BCUT2D eigenvalue weighted by molar-refractivity contribution is 5.84. The molecule has 204 valence electrons. The van der Waals surface area contributed by atoms with E-state index in [0.29, 0.717) is 61.4 Å². The number of hydrogen-bond acceptors (Lipinski definition) is 7. The van der Waals surface area contributed by atoms with Crippen LogP contribution in [0.2, 0.25) is 0 Å². The second-order valence-corrected chi connectivity index (χ2v) is 9.61. The molecule has 1 amide bonds. The molecule has 1 atom stereocenters. The van der Waals surface area contributed by atoms with Crippen molar-refractivity contribution in [3.63, 3.8) is 0 Å². The normalized spacial score (nSPS) is 16.3. The molecule has 8 nitrogen and oxygen atoms in total. The van der Waals surface area contributed by atoms with Gasteiger partial charge in [0, 0.05) is 35.8 Å². The van der Waals surface area contributed by atoms with Gasteiger partial charge >= 0.3 is 0 Å². The van der Waals surface area contributed by atoms with Crippen LogP contribution < -0.4 is 15.5 Å². The molecule has 0 unspecified atom stereocenters. The molecule has 3 aromatic rings. The molecular formula is C27H31F3N4O4. The van der Waals surface area contributed by atoms with E-state index in [0.717, 1.165) is 12.3 Å². The predicted octanol–water partition coefficient (Wildman–Crippen LogP) is 4.17. The molecule has 0 radical (unpaired) electrons. The summed E-state index contributed by atoms with van der Waals surface area (Å²) >= 11 is 0. The average molecular weight is 533 g/mol. The second kappa shape index (κ2) is 12.0. The number of hydroxylamine groups is 1. The number of carbonyl (C=O) groups is 1. The molecule has 2 aromatic carbocycles. The van der Waals surface area contributed by atoms with Crippen molar-refractivity contribution in [1.82, 2.24) is 15.4 Å². The lowest BCUT2D eigenvalue weighted by molar-refractivity contribution is -0.143. The van der Waals surface area contributed by atoms with Crippen molar-refractivity contribution in [2.24, 2.45) is 5.41 Å². The van der Waals surface area contributed by atoms with E-state index in [9.17, 15) is 28.3 Å². The summed E-state index contributed by atoms with van der Waals surface area (Å²) in [5.74, 6) is -2.02. The molecule has 0 aliphatic carbocycles. The number of hydrogen-bond donors (Lipinski definition) is 4. The topological polar surface area (TPSA) is 107 Å². The van der Waals surface area contributed by atoms with Gasteiger partial charge in [-0.2, -0.15) is 0 Å². The number of aliphatic hydroxyl groups excluding tert-OH is 1. The molecule has 1 aromatic heterocycles. The van der Waals surface area contributed by atoms with Crippen LogP contribution in [0, 0.1) is 22.9 Å². The maximum absolute atomic E-state index is 14.8. The molecule has 2 heterocycles. The first-order chi connectivity index (χ1) is 18.2. The van der Waals surface area contributed by atoms with Gasteiger partial charge in [-0.3, -0.25) is 15.0 Å². The summed E-state index contributed by atoms with van der Waals surface area (Å²) in [6, 6.07) is 8.23. The van der Waals surface area contributed by atoms with E-state index < -0.39 is 34.9 Å². The first-order valence-corrected chi connectivity index (χ1v) is 12.4. The highest BCUT2D eigenvalue weighted by Gasteiger charge is 2.41. The van der Waals surface area contributed by atoms with Gasteiger partial charge < -0.3 is 20.1 Å². The molecule has 1 saturated heterocycles. The van der Waals surface area contributed by atoms with Gasteiger partial charge in [0.15, 0.2) is 0 Å². The number of methoxy groups -OCH3 is 1. The Morgan fingerprint density at radius 1 is 1.16 bits per heavy atom. The number of pyridine rings is 1. The molecule has 38 heavy (non-hydrogen) atoms. The summed E-state index contributed by atoms with van der Waals surface area (Å²) in [4.78, 5) is 18.9. The van der Waals surface area contributed by atoms with Gasteiger partial charge in [0.25, 0.3) is 0 Å². The zero-order valence-electron chi connectivity index (χ0n) is 21.0. The van der Waals surface area contributed by atoms with Crippen molar-refractivity contribution in [2.45, 2.75) is 31.8 Å².